The number of aliphatic hydroxyl groups excluding tert-OH is 1. The second-order valence-corrected chi connectivity index (χ2v) is 6.71. The van der Waals surface area contributed by atoms with Crippen LogP contribution in [0, 0.1) is 5.41 Å². The molecule has 0 aliphatic heterocycles. The zero-order valence-electron chi connectivity index (χ0n) is 14.7. The number of unbranched alkanes of at least 4 members (excludes halogenated alkanes) is 3. The van der Waals surface area contributed by atoms with Crippen molar-refractivity contribution >= 4 is 5.97 Å². The minimum absolute atomic E-state index is 0.0898. The number of nitrogens with zero attached hydrogens (tertiary/aromatic N) is 1. The van der Waals surface area contributed by atoms with Crippen LogP contribution in [-0.4, -0.2) is 48.8 Å². The van der Waals surface area contributed by atoms with Crippen molar-refractivity contribution in [1.29, 1.82) is 0 Å². The van der Waals surface area contributed by atoms with Gasteiger partial charge < -0.3 is 14.7 Å². The SMILES string of the molecule is CCCCCC(C)(C)C(=O)OCC(O)CN(C)CCCC. The normalized spacial score (nSPS) is 13.5. The van der Waals surface area contributed by atoms with E-state index in [1.807, 2.05) is 20.9 Å². The van der Waals surface area contributed by atoms with Crippen LogP contribution in [0.2, 0.25) is 0 Å². The van der Waals surface area contributed by atoms with E-state index in [0.29, 0.717) is 6.54 Å². The second-order valence-electron chi connectivity index (χ2n) is 6.71. The molecule has 21 heavy (non-hydrogen) atoms. The molecule has 0 spiro atoms. The maximum absolute atomic E-state index is 12.1. The summed E-state index contributed by atoms with van der Waals surface area (Å²) in [4.78, 5) is 14.2. The highest BCUT2D eigenvalue weighted by Gasteiger charge is 2.29. The first-order valence-electron chi connectivity index (χ1n) is 8.37. The predicted molar refractivity (Wildman–Crippen MR) is 87.3 cm³/mol. The largest absolute Gasteiger partial charge is 0.462 e. The van der Waals surface area contributed by atoms with E-state index in [0.717, 1.165) is 45.1 Å². The first kappa shape index (κ1) is 20.4. The number of carbonyl (C=O) groups is 1. The van der Waals surface area contributed by atoms with Crippen LogP contribution in [0.1, 0.15) is 66.2 Å². The Morgan fingerprint density at radius 2 is 1.81 bits per heavy atom. The Kier molecular flexibility index (Phi) is 10.7. The van der Waals surface area contributed by atoms with Gasteiger partial charge in [0, 0.05) is 6.54 Å². The lowest BCUT2D eigenvalue weighted by atomic mass is 9.87. The molecule has 0 amide bonds. The maximum Gasteiger partial charge on any atom is 0.311 e. The highest BCUT2D eigenvalue weighted by molar-refractivity contribution is 5.75. The molecule has 0 fully saturated rings. The smallest absolute Gasteiger partial charge is 0.311 e. The van der Waals surface area contributed by atoms with Gasteiger partial charge in [-0.3, -0.25) is 4.79 Å². The summed E-state index contributed by atoms with van der Waals surface area (Å²) < 4.78 is 5.29. The van der Waals surface area contributed by atoms with Gasteiger partial charge in [-0.2, -0.15) is 0 Å². The third-order valence-corrected chi connectivity index (χ3v) is 3.78. The maximum atomic E-state index is 12.1. The van der Waals surface area contributed by atoms with Gasteiger partial charge in [-0.1, -0.05) is 39.5 Å². The van der Waals surface area contributed by atoms with Gasteiger partial charge in [-0.15, -0.1) is 0 Å². The third kappa shape index (κ3) is 9.86. The van der Waals surface area contributed by atoms with Crippen molar-refractivity contribution in [3.05, 3.63) is 0 Å². The summed E-state index contributed by atoms with van der Waals surface area (Å²) in [7, 11) is 1.98. The van der Waals surface area contributed by atoms with E-state index in [4.69, 9.17) is 4.74 Å². The molecular weight excluding hydrogens is 266 g/mol. The Morgan fingerprint density at radius 1 is 1.19 bits per heavy atom. The fourth-order valence-electron chi connectivity index (χ4n) is 2.22. The molecular formula is C17H35NO3. The molecule has 1 unspecified atom stereocenters. The summed E-state index contributed by atoms with van der Waals surface area (Å²) in [6.45, 7) is 9.74. The standard InChI is InChI=1S/C17H35NO3/c1-6-8-10-11-17(3,4)16(20)21-14-15(19)13-18(5)12-9-7-2/h15,19H,6-14H2,1-5H3. The molecule has 0 heterocycles. The lowest BCUT2D eigenvalue weighted by Crippen LogP contribution is -2.35. The van der Waals surface area contributed by atoms with E-state index in [2.05, 4.69) is 18.7 Å². The number of esters is 1. The van der Waals surface area contributed by atoms with Gasteiger partial charge in [0.05, 0.1) is 5.41 Å². The summed E-state index contributed by atoms with van der Waals surface area (Å²) in [5, 5.41) is 9.93. The van der Waals surface area contributed by atoms with Crippen molar-refractivity contribution < 1.29 is 14.6 Å². The van der Waals surface area contributed by atoms with Crippen molar-refractivity contribution in [2.75, 3.05) is 26.7 Å². The molecule has 4 nitrogen and oxygen atoms in total. The summed E-state index contributed by atoms with van der Waals surface area (Å²) in [5.74, 6) is -0.200. The van der Waals surface area contributed by atoms with Crippen molar-refractivity contribution in [3.8, 4) is 0 Å². The number of likely N-dealkylation sites (N-methyl/N-ethyl adjacent to an activating group) is 1. The van der Waals surface area contributed by atoms with Gasteiger partial charge >= 0.3 is 5.97 Å². The van der Waals surface area contributed by atoms with E-state index in [-0.39, 0.29) is 12.6 Å². The average Bonchev–Trinajstić information content (AvgIpc) is 2.42. The quantitative estimate of drug-likeness (QED) is 0.444. The zero-order valence-corrected chi connectivity index (χ0v) is 14.7. The molecule has 0 radical (unpaired) electrons. The second kappa shape index (κ2) is 11.0. The van der Waals surface area contributed by atoms with Crippen LogP contribution in [0.4, 0.5) is 0 Å². The Morgan fingerprint density at radius 3 is 2.38 bits per heavy atom. The van der Waals surface area contributed by atoms with Crippen molar-refractivity contribution in [1.82, 2.24) is 4.90 Å². The fourth-order valence-corrected chi connectivity index (χ4v) is 2.22. The molecule has 0 rings (SSSR count). The van der Waals surface area contributed by atoms with Crippen LogP contribution < -0.4 is 0 Å². The molecule has 0 aromatic carbocycles. The van der Waals surface area contributed by atoms with Gasteiger partial charge in [0.25, 0.3) is 0 Å². The molecule has 126 valence electrons. The molecule has 0 saturated heterocycles. The van der Waals surface area contributed by atoms with Gasteiger partial charge in [-0.05, 0) is 40.3 Å². The number of aliphatic hydroxyl groups is 1. The van der Waals surface area contributed by atoms with Crippen LogP contribution in [0.3, 0.4) is 0 Å². The van der Waals surface area contributed by atoms with E-state index < -0.39 is 11.5 Å². The monoisotopic (exact) mass is 301 g/mol. The summed E-state index contributed by atoms with van der Waals surface area (Å²) in [6.07, 6.45) is 5.82. The highest BCUT2D eigenvalue weighted by Crippen LogP contribution is 2.25. The van der Waals surface area contributed by atoms with E-state index in [1.54, 1.807) is 0 Å². The lowest BCUT2D eigenvalue weighted by Gasteiger charge is -2.24. The van der Waals surface area contributed by atoms with Crippen molar-refractivity contribution in [2.24, 2.45) is 5.41 Å². The molecule has 1 N–H and O–H groups in total. The highest BCUT2D eigenvalue weighted by atomic mass is 16.5. The molecule has 0 aromatic heterocycles. The minimum Gasteiger partial charge on any atom is -0.462 e. The first-order chi connectivity index (χ1) is 9.83. The Labute approximate surface area is 130 Å². The molecule has 4 heteroatoms. The Balaban J connectivity index is 3.99. The summed E-state index contributed by atoms with van der Waals surface area (Å²) in [6, 6.07) is 0. The number of carbonyl (C=O) groups excluding carboxylic acids is 1. The molecule has 0 aromatic rings. The van der Waals surface area contributed by atoms with E-state index >= 15 is 0 Å². The minimum atomic E-state index is -0.609. The van der Waals surface area contributed by atoms with Gasteiger partial charge in [-0.25, -0.2) is 0 Å². The first-order valence-corrected chi connectivity index (χ1v) is 8.37. The van der Waals surface area contributed by atoms with Gasteiger partial charge in [0.2, 0.25) is 0 Å². The molecule has 0 aliphatic carbocycles. The van der Waals surface area contributed by atoms with Crippen LogP contribution in [0.25, 0.3) is 0 Å². The van der Waals surface area contributed by atoms with Crippen LogP contribution in [-0.2, 0) is 9.53 Å². The number of rotatable bonds is 12. The zero-order chi connectivity index (χ0) is 16.3. The van der Waals surface area contributed by atoms with Crippen LogP contribution in [0.5, 0.6) is 0 Å². The molecule has 0 aliphatic rings. The Hall–Kier alpha value is -0.610. The van der Waals surface area contributed by atoms with Crippen molar-refractivity contribution in [3.63, 3.8) is 0 Å². The summed E-state index contributed by atoms with van der Waals surface area (Å²) >= 11 is 0. The number of hydrogen-bond donors (Lipinski definition) is 1. The van der Waals surface area contributed by atoms with Gasteiger partial charge in [0.1, 0.15) is 12.7 Å². The van der Waals surface area contributed by atoms with Gasteiger partial charge in [0.15, 0.2) is 0 Å². The molecule has 0 bridgehead atoms. The lowest BCUT2D eigenvalue weighted by molar-refractivity contribution is -0.157. The topological polar surface area (TPSA) is 49.8 Å². The van der Waals surface area contributed by atoms with E-state index in [9.17, 15) is 9.90 Å². The fraction of sp³-hybridized carbons (Fsp3) is 0.941. The average molecular weight is 301 g/mol. The summed E-state index contributed by atoms with van der Waals surface area (Å²) in [5.41, 5.74) is -0.455. The predicted octanol–water partition coefficient (Wildman–Crippen LogP) is 3.23. The number of hydrogen-bond acceptors (Lipinski definition) is 4. The number of ether oxygens (including phenoxy) is 1. The van der Waals surface area contributed by atoms with Crippen LogP contribution >= 0.6 is 0 Å². The molecule has 0 saturated carbocycles. The van der Waals surface area contributed by atoms with Crippen molar-refractivity contribution in [2.45, 2.75) is 72.3 Å². The Bertz CT molecular complexity index is 279. The molecule has 1 atom stereocenters. The third-order valence-electron chi connectivity index (χ3n) is 3.78. The van der Waals surface area contributed by atoms with E-state index in [1.165, 1.54) is 0 Å². The van der Waals surface area contributed by atoms with Crippen LogP contribution in [0.15, 0.2) is 0 Å².